The van der Waals surface area contributed by atoms with Gasteiger partial charge in [-0.15, -0.1) is 0 Å². The molecule has 0 amide bonds. The Morgan fingerprint density at radius 2 is 2.20 bits per heavy atom. The second-order valence-electron chi connectivity index (χ2n) is 3.97. The molecule has 0 radical (unpaired) electrons. The summed E-state index contributed by atoms with van der Waals surface area (Å²) in [5, 5.41) is 14.1. The zero-order valence-electron chi connectivity index (χ0n) is 10.7. The molecule has 1 aromatic heterocycles. The first-order valence-electron chi connectivity index (χ1n) is 5.77. The van der Waals surface area contributed by atoms with E-state index in [0.29, 0.717) is 18.0 Å². The number of halogens is 1. The van der Waals surface area contributed by atoms with Gasteiger partial charge in [-0.25, -0.2) is 4.98 Å². The van der Waals surface area contributed by atoms with Crippen LogP contribution in [0.25, 0.3) is 0 Å². The van der Waals surface area contributed by atoms with Crippen molar-refractivity contribution in [3.63, 3.8) is 0 Å². The third-order valence-electron chi connectivity index (χ3n) is 2.67. The monoisotopic (exact) mass is 337 g/mol. The highest BCUT2D eigenvalue weighted by atomic mass is 79.9. The van der Waals surface area contributed by atoms with Gasteiger partial charge in [0.2, 0.25) is 5.88 Å². The van der Waals surface area contributed by atoms with Crippen LogP contribution in [-0.4, -0.2) is 17.0 Å². The number of benzene rings is 1. The molecule has 20 heavy (non-hydrogen) atoms. The molecule has 0 saturated heterocycles. The van der Waals surface area contributed by atoms with E-state index in [0.717, 1.165) is 10.2 Å². The van der Waals surface area contributed by atoms with Crippen LogP contribution in [0.4, 0.5) is 11.4 Å². The minimum Gasteiger partial charge on any atom is -0.481 e. The maximum absolute atomic E-state index is 11.0. The normalized spacial score (nSPS) is 10.1. The number of anilines is 1. The first kappa shape index (κ1) is 14.3. The van der Waals surface area contributed by atoms with E-state index in [-0.39, 0.29) is 5.69 Å². The SMILES string of the molecule is COc1ccc(NCc2cc(Br)ccc2[N+](=O)[O-])cn1. The first-order chi connectivity index (χ1) is 9.60. The molecule has 2 rings (SSSR count). The van der Waals surface area contributed by atoms with E-state index < -0.39 is 4.92 Å². The smallest absolute Gasteiger partial charge is 0.274 e. The van der Waals surface area contributed by atoms with Gasteiger partial charge in [-0.05, 0) is 18.2 Å². The van der Waals surface area contributed by atoms with Gasteiger partial charge in [0.25, 0.3) is 5.69 Å². The van der Waals surface area contributed by atoms with Crippen LogP contribution in [0.5, 0.6) is 5.88 Å². The Hall–Kier alpha value is -2.15. The van der Waals surface area contributed by atoms with Crippen LogP contribution >= 0.6 is 15.9 Å². The largest absolute Gasteiger partial charge is 0.481 e. The fraction of sp³-hybridized carbons (Fsp3) is 0.154. The highest BCUT2D eigenvalue weighted by Crippen LogP contribution is 2.24. The number of hydrogen-bond acceptors (Lipinski definition) is 5. The number of aromatic nitrogens is 1. The second kappa shape index (κ2) is 6.33. The van der Waals surface area contributed by atoms with Crippen LogP contribution < -0.4 is 10.1 Å². The molecule has 0 aliphatic rings. The average molecular weight is 338 g/mol. The summed E-state index contributed by atoms with van der Waals surface area (Å²) in [7, 11) is 1.54. The van der Waals surface area contributed by atoms with Crippen molar-refractivity contribution in [3.8, 4) is 5.88 Å². The molecule has 7 heteroatoms. The van der Waals surface area contributed by atoms with Crippen molar-refractivity contribution in [1.29, 1.82) is 0 Å². The van der Waals surface area contributed by atoms with Crippen molar-refractivity contribution in [2.75, 3.05) is 12.4 Å². The number of hydrogen-bond donors (Lipinski definition) is 1. The summed E-state index contributed by atoms with van der Waals surface area (Å²) >= 11 is 3.31. The Morgan fingerprint density at radius 1 is 1.40 bits per heavy atom. The van der Waals surface area contributed by atoms with Crippen LogP contribution in [0.15, 0.2) is 41.0 Å². The van der Waals surface area contributed by atoms with Gasteiger partial charge in [-0.2, -0.15) is 0 Å². The van der Waals surface area contributed by atoms with Crippen LogP contribution in [-0.2, 0) is 6.54 Å². The molecule has 0 unspecified atom stereocenters. The Morgan fingerprint density at radius 3 is 2.80 bits per heavy atom. The molecule has 1 heterocycles. The molecule has 6 nitrogen and oxygen atoms in total. The first-order valence-corrected chi connectivity index (χ1v) is 6.56. The van der Waals surface area contributed by atoms with Crippen molar-refractivity contribution in [3.05, 3.63) is 56.7 Å². The number of pyridine rings is 1. The number of ether oxygens (including phenoxy) is 1. The van der Waals surface area contributed by atoms with Gasteiger partial charge in [0.05, 0.1) is 23.9 Å². The number of nitrogens with zero attached hydrogens (tertiary/aromatic N) is 2. The van der Waals surface area contributed by atoms with E-state index in [4.69, 9.17) is 4.74 Å². The minimum atomic E-state index is -0.393. The molecule has 2 aromatic rings. The van der Waals surface area contributed by atoms with Gasteiger partial charge in [0.1, 0.15) is 0 Å². The number of nitro benzene ring substituents is 1. The van der Waals surface area contributed by atoms with E-state index >= 15 is 0 Å². The molecular weight excluding hydrogens is 326 g/mol. The summed E-state index contributed by atoms with van der Waals surface area (Å²) < 4.78 is 5.76. The second-order valence-corrected chi connectivity index (χ2v) is 4.89. The van der Waals surface area contributed by atoms with Gasteiger partial charge in [0, 0.05) is 28.7 Å². The van der Waals surface area contributed by atoms with E-state index in [9.17, 15) is 10.1 Å². The van der Waals surface area contributed by atoms with Crippen molar-refractivity contribution >= 4 is 27.3 Å². The number of rotatable bonds is 5. The van der Waals surface area contributed by atoms with Gasteiger partial charge in [-0.1, -0.05) is 15.9 Å². The van der Waals surface area contributed by atoms with Gasteiger partial charge < -0.3 is 10.1 Å². The third kappa shape index (κ3) is 3.45. The lowest BCUT2D eigenvalue weighted by atomic mass is 10.2. The molecule has 0 aliphatic carbocycles. The van der Waals surface area contributed by atoms with Gasteiger partial charge in [0.15, 0.2) is 0 Å². The van der Waals surface area contributed by atoms with E-state index in [1.165, 1.54) is 6.07 Å². The van der Waals surface area contributed by atoms with E-state index in [2.05, 4.69) is 26.2 Å². The number of nitrogens with one attached hydrogen (secondary N) is 1. The lowest BCUT2D eigenvalue weighted by molar-refractivity contribution is -0.385. The summed E-state index contributed by atoms with van der Waals surface area (Å²) in [6.45, 7) is 0.337. The third-order valence-corrected chi connectivity index (χ3v) is 3.16. The molecule has 104 valence electrons. The highest BCUT2D eigenvalue weighted by Gasteiger charge is 2.13. The van der Waals surface area contributed by atoms with Crippen molar-refractivity contribution in [2.24, 2.45) is 0 Å². The topological polar surface area (TPSA) is 77.3 Å². The van der Waals surface area contributed by atoms with Gasteiger partial charge in [-0.3, -0.25) is 10.1 Å². The fourth-order valence-corrected chi connectivity index (χ4v) is 2.09. The van der Waals surface area contributed by atoms with Crippen LogP contribution in [0.1, 0.15) is 5.56 Å². The van der Waals surface area contributed by atoms with Crippen LogP contribution in [0.3, 0.4) is 0 Å². The summed E-state index contributed by atoms with van der Waals surface area (Å²) in [5.41, 5.74) is 1.45. The maximum atomic E-state index is 11.0. The molecule has 0 atom stereocenters. The summed E-state index contributed by atoms with van der Waals surface area (Å²) in [6.07, 6.45) is 1.61. The average Bonchev–Trinajstić information content (AvgIpc) is 2.45. The predicted octanol–water partition coefficient (Wildman–Crippen LogP) is 3.37. The molecule has 0 spiro atoms. The lowest BCUT2D eigenvalue weighted by Gasteiger charge is -2.08. The quantitative estimate of drug-likeness (QED) is 0.668. The maximum Gasteiger partial charge on any atom is 0.274 e. The summed E-state index contributed by atoms with van der Waals surface area (Å²) in [5.74, 6) is 0.518. The van der Waals surface area contributed by atoms with Crippen molar-refractivity contribution in [2.45, 2.75) is 6.54 Å². The summed E-state index contributed by atoms with van der Waals surface area (Å²) in [4.78, 5) is 14.6. The lowest BCUT2D eigenvalue weighted by Crippen LogP contribution is -2.03. The van der Waals surface area contributed by atoms with Crippen molar-refractivity contribution in [1.82, 2.24) is 4.98 Å². The van der Waals surface area contributed by atoms with Crippen molar-refractivity contribution < 1.29 is 9.66 Å². The van der Waals surface area contributed by atoms with E-state index in [1.54, 1.807) is 37.6 Å². The molecule has 0 fully saturated rings. The van der Waals surface area contributed by atoms with Gasteiger partial charge >= 0.3 is 0 Å². The molecule has 0 aliphatic heterocycles. The summed E-state index contributed by atoms with van der Waals surface area (Å²) in [6, 6.07) is 8.37. The Kier molecular flexibility index (Phi) is 4.52. The van der Waals surface area contributed by atoms with Crippen LogP contribution in [0, 0.1) is 10.1 Å². The zero-order valence-corrected chi connectivity index (χ0v) is 12.3. The molecule has 0 bridgehead atoms. The van der Waals surface area contributed by atoms with Crippen LogP contribution in [0.2, 0.25) is 0 Å². The highest BCUT2D eigenvalue weighted by molar-refractivity contribution is 9.10. The number of methoxy groups -OCH3 is 1. The standard InChI is InChI=1S/C13H12BrN3O3/c1-20-13-5-3-11(8-16-13)15-7-9-6-10(14)2-4-12(9)17(18)19/h2-6,8,15H,7H2,1H3. The Labute approximate surface area is 124 Å². The molecule has 1 N–H and O–H groups in total. The molecular formula is C13H12BrN3O3. The zero-order chi connectivity index (χ0) is 14.5. The van der Waals surface area contributed by atoms with E-state index in [1.807, 2.05) is 0 Å². The Balaban J connectivity index is 2.13. The predicted molar refractivity (Wildman–Crippen MR) is 78.9 cm³/mol. The Bertz CT molecular complexity index is 617. The molecule has 0 saturated carbocycles. The molecule has 1 aromatic carbocycles. The minimum absolute atomic E-state index is 0.0853. The fourth-order valence-electron chi connectivity index (χ4n) is 1.68. The number of nitro groups is 1.